The molecule has 0 N–H and O–H groups in total. The maximum atomic E-state index is 2.57. The molecule has 1 nitrogen and oxygen atoms in total. The Balaban J connectivity index is 1.42. The molecule has 8 aromatic carbocycles. The van der Waals surface area contributed by atoms with Crippen LogP contribution in [0, 0.1) is 0 Å². The van der Waals surface area contributed by atoms with Crippen LogP contribution in [0.3, 0.4) is 0 Å². The molecular weight excluding hydrogens is 551 g/mol. The first-order valence-corrected chi connectivity index (χ1v) is 16.0. The van der Waals surface area contributed by atoms with E-state index in [9.17, 15) is 0 Å². The second kappa shape index (κ2) is 8.13. The molecule has 0 amide bonds. The van der Waals surface area contributed by atoms with E-state index in [1.807, 2.05) is 11.3 Å². The van der Waals surface area contributed by atoms with Crippen LogP contribution in [0.25, 0.3) is 102 Å². The summed E-state index contributed by atoms with van der Waals surface area (Å²) in [6.07, 6.45) is 0. The molecular formula is C42H23NS. The molecule has 0 saturated heterocycles. The van der Waals surface area contributed by atoms with E-state index in [0.29, 0.717) is 0 Å². The van der Waals surface area contributed by atoms with Crippen LogP contribution >= 0.6 is 11.3 Å². The van der Waals surface area contributed by atoms with Gasteiger partial charge in [0.2, 0.25) is 0 Å². The molecule has 0 aliphatic heterocycles. The van der Waals surface area contributed by atoms with Gasteiger partial charge in [0.15, 0.2) is 0 Å². The van der Waals surface area contributed by atoms with Gasteiger partial charge >= 0.3 is 0 Å². The van der Waals surface area contributed by atoms with Gasteiger partial charge in [0, 0.05) is 31.6 Å². The largest absolute Gasteiger partial charge is 0.307 e. The summed E-state index contributed by atoms with van der Waals surface area (Å²) in [5, 5.41) is 13.3. The van der Waals surface area contributed by atoms with Gasteiger partial charge in [-0.2, -0.15) is 0 Å². The highest BCUT2D eigenvalue weighted by Gasteiger charge is 2.26. The smallest absolute Gasteiger partial charge is 0.0726 e. The summed E-state index contributed by atoms with van der Waals surface area (Å²) in [5.74, 6) is 0. The number of nitrogens with zero attached hydrogens (tertiary/aromatic N) is 1. The lowest BCUT2D eigenvalue weighted by molar-refractivity contribution is 1.21. The summed E-state index contributed by atoms with van der Waals surface area (Å²) >= 11 is 1.93. The number of para-hydroxylation sites is 1. The Bertz CT molecular complexity index is 2850. The van der Waals surface area contributed by atoms with Crippen LogP contribution in [-0.4, -0.2) is 4.57 Å². The number of rotatable bonds is 1. The van der Waals surface area contributed by atoms with Gasteiger partial charge in [-0.25, -0.2) is 0 Å². The van der Waals surface area contributed by atoms with Crippen molar-refractivity contribution in [3.05, 3.63) is 140 Å². The first kappa shape index (κ1) is 23.1. The molecule has 10 aromatic rings. The van der Waals surface area contributed by atoms with E-state index in [-0.39, 0.29) is 0 Å². The first-order chi connectivity index (χ1) is 21.9. The molecule has 11 rings (SSSR count). The quantitative estimate of drug-likeness (QED) is 0.172. The van der Waals surface area contributed by atoms with Crippen molar-refractivity contribution in [3.63, 3.8) is 0 Å². The molecule has 2 heteroatoms. The lowest BCUT2D eigenvalue weighted by atomic mass is 9.94. The molecule has 44 heavy (non-hydrogen) atoms. The second-order valence-corrected chi connectivity index (χ2v) is 13.0. The lowest BCUT2D eigenvalue weighted by Crippen LogP contribution is -1.96. The van der Waals surface area contributed by atoms with Gasteiger partial charge < -0.3 is 4.57 Å². The van der Waals surface area contributed by atoms with Crippen molar-refractivity contribution in [3.8, 4) is 27.9 Å². The summed E-state index contributed by atoms with van der Waals surface area (Å²) in [7, 11) is 0. The van der Waals surface area contributed by atoms with Gasteiger partial charge in [-0.3, -0.25) is 0 Å². The Labute approximate surface area is 256 Å². The summed E-state index contributed by atoms with van der Waals surface area (Å²) < 4.78 is 5.26. The van der Waals surface area contributed by atoms with Gasteiger partial charge in [0.25, 0.3) is 0 Å². The molecule has 0 fully saturated rings. The first-order valence-electron chi connectivity index (χ1n) is 15.2. The van der Waals surface area contributed by atoms with Crippen molar-refractivity contribution in [2.24, 2.45) is 0 Å². The van der Waals surface area contributed by atoms with Gasteiger partial charge in [-0.15, -0.1) is 11.3 Å². The maximum Gasteiger partial charge on any atom is 0.0726 e. The van der Waals surface area contributed by atoms with Crippen LogP contribution < -0.4 is 0 Å². The molecule has 0 bridgehead atoms. The van der Waals surface area contributed by atoms with Crippen LogP contribution in [-0.2, 0) is 0 Å². The summed E-state index contributed by atoms with van der Waals surface area (Å²) in [5.41, 5.74) is 9.12. The normalized spacial score (nSPS) is 12.5. The zero-order valence-corrected chi connectivity index (χ0v) is 24.5. The van der Waals surface area contributed by atoms with E-state index >= 15 is 0 Å². The van der Waals surface area contributed by atoms with Crippen molar-refractivity contribution in [1.82, 2.24) is 4.57 Å². The fourth-order valence-electron chi connectivity index (χ4n) is 8.18. The number of thiophene rings is 1. The average Bonchev–Trinajstić information content (AvgIpc) is 3.74. The molecule has 1 aliphatic carbocycles. The number of benzene rings is 8. The summed E-state index contributed by atoms with van der Waals surface area (Å²) in [6.45, 7) is 0. The predicted octanol–water partition coefficient (Wildman–Crippen LogP) is 12.3. The zero-order chi connectivity index (χ0) is 28.5. The Morgan fingerprint density at radius 3 is 1.95 bits per heavy atom. The number of fused-ring (bicyclic) bond motifs is 15. The third-order valence-corrected chi connectivity index (χ3v) is 11.1. The summed E-state index contributed by atoms with van der Waals surface area (Å²) in [6, 6.07) is 51.9. The van der Waals surface area contributed by atoms with Crippen molar-refractivity contribution < 1.29 is 0 Å². The fourth-order valence-corrected chi connectivity index (χ4v) is 9.43. The van der Waals surface area contributed by atoms with Crippen molar-refractivity contribution in [2.45, 2.75) is 0 Å². The Morgan fingerprint density at radius 1 is 0.386 bits per heavy atom. The minimum Gasteiger partial charge on any atom is -0.307 e. The SMILES string of the molecule is c1ccc2c(c1)-c1cccc3c(-n4c5ccccc5c5c6ccc7ccccc7c6c6c7ccccc7sc6c54)ccc-2c13. The minimum absolute atomic E-state index is 1.24. The third kappa shape index (κ3) is 2.71. The van der Waals surface area contributed by atoms with E-state index in [1.165, 1.54) is 102 Å². The van der Waals surface area contributed by atoms with Crippen LogP contribution in [0.4, 0.5) is 0 Å². The van der Waals surface area contributed by atoms with E-state index in [0.717, 1.165) is 0 Å². The Hall–Kier alpha value is -5.44. The monoisotopic (exact) mass is 573 g/mol. The van der Waals surface area contributed by atoms with Crippen molar-refractivity contribution in [2.75, 3.05) is 0 Å². The van der Waals surface area contributed by atoms with E-state index < -0.39 is 0 Å². The van der Waals surface area contributed by atoms with E-state index in [1.54, 1.807) is 0 Å². The molecule has 0 spiro atoms. The lowest BCUT2D eigenvalue weighted by Gasteiger charge is -2.15. The molecule has 0 saturated carbocycles. The summed E-state index contributed by atoms with van der Waals surface area (Å²) in [4.78, 5) is 0. The molecule has 0 atom stereocenters. The van der Waals surface area contributed by atoms with Gasteiger partial charge in [-0.1, -0.05) is 121 Å². The van der Waals surface area contributed by atoms with E-state index in [4.69, 9.17) is 0 Å². The Kier molecular flexibility index (Phi) is 4.26. The van der Waals surface area contributed by atoms with Gasteiger partial charge in [0.05, 0.1) is 21.4 Å². The topological polar surface area (TPSA) is 4.93 Å². The molecule has 202 valence electrons. The van der Waals surface area contributed by atoms with Gasteiger partial charge in [-0.05, 0) is 67.4 Å². The molecule has 2 aromatic heterocycles. The van der Waals surface area contributed by atoms with Crippen molar-refractivity contribution >= 4 is 85.6 Å². The van der Waals surface area contributed by atoms with Crippen LogP contribution in [0.15, 0.2) is 140 Å². The minimum atomic E-state index is 1.24. The van der Waals surface area contributed by atoms with Crippen LogP contribution in [0.2, 0.25) is 0 Å². The van der Waals surface area contributed by atoms with Gasteiger partial charge in [0.1, 0.15) is 0 Å². The highest BCUT2D eigenvalue weighted by Crippen LogP contribution is 2.52. The second-order valence-electron chi connectivity index (χ2n) is 12.0. The molecule has 2 heterocycles. The molecule has 1 aliphatic rings. The average molecular weight is 574 g/mol. The Morgan fingerprint density at radius 2 is 1.07 bits per heavy atom. The number of hydrogen-bond donors (Lipinski definition) is 0. The number of hydrogen-bond acceptors (Lipinski definition) is 1. The number of aromatic nitrogens is 1. The molecule has 0 radical (unpaired) electrons. The standard InChI is InChI=1S/C42H23NS/c1-2-11-25-24(10-1)20-21-33-38(25)40-32-15-6-8-19-36(32)44-42(40)41-39(33)31-14-5-7-18-34(31)43(41)35-23-22-29-27-13-4-3-12-26(27)28-16-9-17-30(35)37(28)29/h1-23H. The van der Waals surface area contributed by atoms with Crippen LogP contribution in [0.1, 0.15) is 0 Å². The van der Waals surface area contributed by atoms with Crippen LogP contribution in [0.5, 0.6) is 0 Å². The fraction of sp³-hybridized carbons (Fsp3) is 0. The van der Waals surface area contributed by atoms with E-state index in [2.05, 4.69) is 144 Å². The molecule has 0 unspecified atom stereocenters. The zero-order valence-electron chi connectivity index (χ0n) is 23.6. The third-order valence-electron chi connectivity index (χ3n) is 9.90. The van der Waals surface area contributed by atoms with Crippen molar-refractivity contribution in [1.29, 1.82) is 0 Å². The maximum absolute atomic E-state index is 2.57. The highest BCUT2D eigenvalue weighted by molar-refractivity contribution is 7.27. The highest BCUT2D eigenvalue weighted by atomic mass is 32.1. The predicted molar refractivity (Wildman–Crippen MR) is 191 cm³/mol.